The molecule has 1 aromatic carbocycles. The van der Waals surface area contributed by atoms with Crippen molar-refractivity contribution in [2.75, 3.05) is 12.4 Å². The van der Waals surface area contributed by atoms with Crippen molar-refractivity contribution in [2.24, 2.45) is 0 Å². The molecule has 0 aliphatic rings. The Morgan fingerprint density at radius 2 is 2.10 bits per heavy atom. The van der Waals surface area contributed by atoms with E-state index in [0.29, 0.717) is 28.2 Å². The van der Waals surface area contributed by atoms with Crippen LogP contribution in [0, 0.1) is 12.7 Å². The molecule has 2 rings (SSSR count). The predicted molar refractivity (Wildman–Crippen MR) is 82.0 cm³/mol. The maximum atomic E-state index is 13.2. The number of benzene rings is 1. The van der Waals surface area contributed by atoms with Gasteiger partial charge in [0.2, 0.25) is 0 Å². The lowest BCUT2D eigenvalue weighted by Gasteiger charge is -2.14. The molecule has 2 aromatic rings. The molecule has 0 aliphatic heterocycles. The van der Waals surface area contributed by atoms with Gasteiger partial charge in [-0.1, -0.05) is 18.5 Å². The molecule has 0 atom stereocenters. The fourth-order valence-electron chi connectivity index (χ4n) is 1.89. The quantitative estimate of drug-likeness (QED) is 0.837. The monoisotopic (exact) mass is 309 g/mol. The van der Waals surface area contributed by atoms with Gasteiger partial charge < -0.3 is 10.1 Å². The lowest BCUT2D eigenvalue weighted by molar-refractivity contribution is 0.413. The molecule has 1 aromatic heterocycles. The second kappa shape index (κ2) is 6.72. The number of halogens is 2. The Morgan fingerprint density at radius 1 is 1.33 bits per heavy atom. The zero-order valence-corrected chi connectivity index (χ0v) is 13.0. The number of rotatable bonds is 5. The Balaban J connectivity index is 2.39. The van der Waals surface area contributed by atoms with E-state index < -0.39 is 0 Å². The average Bonchev–Trinajstić information content (AvgIpc) is 2.46. The molecule has 21 heavy (non-hydrogen) atoms. The normalized spacial score (nSPS) is 10.5. The lowest BCUT2D eigenvalue weighted by Crippen LogP contribution is -2.04. The third-order valence-corrected chi connectivity index (χ3v) is 3.39. The number of aromatic nitrogens is 2. The van der Waals surface area contributed by atoms with Gasteiger partial charge in [0.05, 0.1) is 12.8 Å². The molecule has 0 amide bonds. The highest BCUT2D eigenvalue weighted by atomic mass is 35.5. The summed E-state index contributed by atoms with van der Waals surface area (Å²) in [5, 5.41) is 3.55. The molecular weight excluding hydrogens is 293 g/mol. The zero-order valence-electron chi connectivity index (χ0n) is 12.2. The Morgan fingerprint density at radius 3 is 2.76 bits per heavy atom. The summed E-state index contributed by atoms with van der Waals surface area (Å²) in [5.41, 5.74) is 1.36. The van der Waals surface area contributed by atoms with Crippen molar-refractivity contribution in [1.82, 2.24) is 9.97 Å². The van der Waals surface area contributed by atoms with E-state index in [2.05, 4.69) is 15.3 Å². The molecule has 0 fully saturated rings. The lowest BCUT2D eigenvalue weighted by atomic mass is 10.2. The van der Waals surface area contributed by atoms with Crippen LogP contribution in [0.5, 0.6) is 5.75 Å². The van der Waals surface area contributed by atoms with Crippen LogP contribution in [0.1, 0.15) is 24.7 Å². The highest BCUT2D eigenvalue weighted by Gasteiger charge is 2.12. The molecule has 0 bridgehead atoms. The summed E-state index contributed by atoms with van der Waals surface area (Å²) in [4.78, 5) is 8.70. The van der Waals surface area contributed by atoms with Crippen molar-refractivity contribution >= 4 is 23.1 Å². The van der Waals surface area contributed by atoms with Gasteiger partial charge in [-0.05, 0) is 25.5 Å². The Bertz CT molecular complexity index is 649. The number of aryl methyl sites for hydroxylation is 1. The van der Waals surface area contributed by atoms with Crippen LogP contribution in [-0.4, -0.2) is 17.1 Å². The largest absolute Gasteiger partial charge is 0.494 e. The minimum atomic E-state index is -0.360. The minimum Gasteiger partial charge on any atom is -0.494 e. The molecule has 112 valence electrons. The summed E-state index contributed by atoms with van der Waals surface area (Å²) in [7, 11) is 1.49. The van der Waals surface area contributed by atoms with Crippen molar-refractivity contribution < 1.29 is 9.13 Å². The topological polar surface area (TPSA) is 47.0 Å². The third-order valence-electron chi connectivity index (χ3n) is 3.02. The van der Waals surface area contributed by atoms with Crippen LogP contribution in [-0.2, 0) is 6.42 Å². The van der Waals surface area contributed by atoms with Crippen molar-refractivity contribution in [1.29, 1.82) is 0 Å². The number of nitrogens with zero attached hydrogens (tertiary/aromatic N) is 2. The van der Waals surface area contributed by atoms with Crippen LogP contribution in [0.25, 0.3) is 0 Å². The van der Waals surface area contributed by atoms with Gasteiger partial charge in [0.15, 0.2) is 0 Å². The molecule has 0 saturated heterocycles. The molecule has 4 nitrogen and oxygen atoms in total. The summed E-state index contributed by atoms with van der Waals surface area (Å²) in [5.74, 6) is 1.32. The summed E-state index contributed by atoms with van der Waals surface area (Å²) in [6.07, 6.45) is 1.67. The molecule has 6 heteroatoms. The maximum Gasteiger partial charge on any atom is 0.145 e. The standard InChI is InChI=1S/C15H17ClFN3O/c1-4-5-13-19-14(16)9(2)15(20-13)18-11-7-6-10(17)8-12(11)21-3/h6-8H,4-5H2,1-3H3,(H,18,19,20). The highest BCUT2D eigenvalue weighted by molar-refractivity contribution is 6.30. The molecule has 0 saturated carbocycles. The van der Waals surface area contributed by atoms with Crippen molar-refractivity contribution in [2.45, 2.75) is 26.7 Å². The first-order valence-corrected chi connectivity index (χ1v) is 7.06. The number of hydrogen-bond acceptors (Lipinski definition) is 4. The van der Waals surface area contributed by atoms with E-state index in [1.807, 2.05) is 13.8 Å². The van der Waals surface area contributed by atoms with E-state index in [1.165, 1.54) is 19.2 Å². The number of ether oxygens (including phenoxy) is 1. The molecule has 1 N–H and O–H groups in total. The number of methoxy groups -OCH3 is 1. The van der Waals surface area contributed by atoms with E-state index >= 15 is 0 Å². The average molecular weight is 310 g/mol. The second-order valence-corrected chi connectivity index (χ2v) is 4.98. The fraction of sp³-hybridized carbons (Fsp3) is 0.333. The van der Waals surface area contributed by atoms with Gasteiger partial charge in [-0.3, -0.25) is 0 Å². The first-order valence-electron chi connectivity index (χ1n) is 6.68. The van der Waals surface area contributed by atoms with E-state index in [-0.39, 0.29) is 5.82 Å². The van der Waals surface area contributed by atoms with E-state index in [1.54, 1.807) is 6.07 Å². The molecule has 0 spiro atoms. The molecule has 0 radical (unpaired) electrons. The van der Waals surface area contributed by atoms with Gasteiger partial charge in [-0.25, -0.2) is 14.4 Å². The second-order valence-electron chi connectivity index (χ2n) is 4.62. The van der Waals surface area contributed by atoms with Crippen molar-refractivity contribution in [3.8, 4) is 5.75 Å². The van der Waals surface area contributed by atoms with Crippen LogP contribution >= 0.6 is 11.6 Å². The molecule has 1 heterocycles. The maximum absolute atomic E-state index is 13.2. The van der Waals surface area contributed by atoms with Crippen molar-refractivity contribution in [3.63, 3.8) is 0 Å². The van der Waals surface area contributed by atoms with Crippen LogP contribution in [0.3, 0.4) is 0 Å². The van der Waals surface area contributed by atoms with Crippen LogP contribution < -0.4 is 10.1 Å². The van der Waals surface area contributed by atoms with Gasteiger partial charge in [0.25, 0.3) is 0 Å². The summed E-state index contributed by atoms with van der Waals surface area (Å²) in [6.45, 7) is 3.88. The Kier molecular flexibility index (Phi) is 4.96. The number of anilines is 2. The molecule has 0 unspecified atom stereocenters. The highest BCUT2D eigenvalue weighted by Crippen LogP contribution is 2.30. The van der Waals surface area contributed by atoms with E-state index in [9.17, 15) is 4.39 Å². The predicted octanol–water partition coefficient (Wildman–Crippen LogP) is 4.28. The summed E-state index contributed by atoms with van der Waals surface area (Å²) in [6, 6.07) is 4.27. The van der Waals surface area contributed by atoms with Gasteiger partial charge >= 0.3 is 0 Å². The molecular formula is C15H17ClFN3O. The van der Waals surface area contributed by atoms with Gasteiger partial charge in [0, 0.05) is 18.1 Å². The zero-order chi connectivity index (χ0) is 15.4. The van der Waals surface area contributed by atoms with E-state index in [0.717, 1.165) is 18.4 Å². The van der Waals surface area contributed by atoms with Crippen LogP contribution in [0.15, 0.2) is 18.2 Å². The van der Waals surface area contributed by atoms with Gasteiger partial charge in [0.1, 0.15) is 28.4 Å². The van der Waals surface area contributed by atoms with Crippen LogP contribution in [0.4, 0.5) is 15.9 Å². The molecule has 0 aliphatic carbocycles. The Labute approximate surface area is 128 Å². The van der Waals surface area contributed by atoms with Crippen LogP contribution in [0.2, 0.25) is 5.15 Å². The number of hydrogen-bond donors (Lipinski definition) is 1. The summed E-state index contributed by atoms with van der Waals surface area (Å²) < 4.78 is 18.4. The van der Waals surface area contributed by atoms with Crippen molar-refractivity contribution in [3.05, 3.63) is 40.6 Å². The third kappa shape index (κ3) is 3.61. The van der Waals surface area contributed by atoms with E-state index in [4.69, 9.17) is 16.3 Å². The minimum absolute atomic E-state index is 0.360. The Hall–Kier alpha value is -1.88. The first kappa shape index (κ1) is 15.5. The van der Waals surface area contributed by atoms with Gasteiger partial charge in [-0.15, -0.1) is 0 Å². The van der Waals surface area contributed by atoms with Gasteiger partial charge in [-0.2, -0.15) is 0 Å². The summed E-state index contributed by atoms with van der Waals surface area (Å²) >= 11 is 6.14. The smallest absolute Gasteiger partial charge is 0.145 e. The fourth-order valence-corrected chi connectivity index (χ4v) is 2.07. The SMILES string of the molecule is CCCc1nc(Cl)c(C)c(Nc2ccc(F)cc2OC)n1. The first-order chi connectivity index (χ1) is 10.0. The number of nitrogens with one attached hydrogen (secondary N) is 1.